The van der Waals surface area contributed by atoms with Crippen molar-refractivity contribution in [2.45, 2.75) is 0 Å². The average molecular weight is 379 g/mol. The van der Waals surface area contributed by atoms with Crippen molar-refractivity contribution >= 4 is 29.0 Å². The zero-order valence-electron chi connectivity index (χ0n) is 14.5. The molecule has 1 fully saturated rings. The number of amides is 1. The SMILES string of the molecule is O=C1Nc2ccc(Cl)cc2C(=O)C1=CNCCN1CCN(CCO)CC1. The Balaban J connectivity index is 1.51. The van der Waals surface area contributed by atoms with Gasteiger partial charge in [0.25, 0.3) is 5.91 Å². The normalized spacial score (nSPS) is 20.2. The molecule has 1 aromatic carbocycles. The molecule has 7 nitrogen and oxygen atoms in total. The summed E-state index contributed by atoms with van der Waals surface area (Å²) in [7, 11) is 0. The Morgan fingerprint density at radius 1 is 1.15 bits per heavy atom. The number of hydrogen-bond donors (Lipinski definition) is 3. The van der Waals surface area contributed by atoms with Crippen molar-refractivity contribution in [3.05, 3.63) is 40.6 Å². The maximum absolute atomic E-state index is 12.5. The van der Waals surface area contributed by atoms with E-state index < -0.39 is 5.91 Å². The summed E-state index contributed by atoms with van der Waals surface area (Å²) in [5, 5.41) is 15.2. The zero-order valence-corrected chi connectivity index (χ0v) is 15.3. The van der Waals surface area contributed by atoms with Crippen LogP contribution in [0.4, 0.5) is 5.69 Å². The minimum absolute atomic E-state index is 0.0903. The number of carbonyl (C=O) groups excluding carboxylic acids is 2. The lowest BCUT2D eigenvalue weighted by atomic mass is 9.97. The highest BCUT2D eigenvalue weighted by atomic mass is 35.5. The number of aliphatic hydroxyl groups is 1. The summed E-state index contributed by atoms with van der Waals surface area (Å²) < 4.78 is 0. The molecule has 0 atom stereocenters. The van der Waals surface area contributed by atoms with Crippen molar-refractivity contribution in [3.8, 4) is 0 Å². The first-order valence-electron chi connectivity index (χ1n) is 8.73. The van der Waals surface area contributed by atoms with E-state index in [-0.39, 0.29) is 18.0 Å². The van der Waals surface area contributed by atoms with Gasteiger partial charge in [-0.2, -0.15) is 0 Å². The lowest BCUT2D eigenvalue weighted by molar-refractivity contribution is -0.112. The molecule has 3 N–H and O–H groups in total. The Morgan fingerprint density at radius 3 is 2.54 bits per heavy atom. The second kappa shape index (κ2) is 8.64. The number of β-amino-alcohol motifs (C(OH)–C–C–N with tert-alkyl or cyclic N) is 1. The molecule has 1 amide bonds. The molecule has 1 aromatic rings. The highest BCUT2D eigenvalue weighted by molar-refractivity contribution is 6.36. The molecule has 2 aliphatic rings. The molecule has 3 rings (SSSR count). The van der Waals surface area contributed by atoms with Crippen LogP contribution in [-0.2, 0) is 4.79 Å². The van der Waals surface area contributed by atoms with Crippen LogP contribution in [0.15, 0.2) is 30.0 Å². The van der Waals surface area contributed by atoms with Crippen LogP contribution in [0.3, 0.4) is 0 Å². The quantitative estimate of drug-likeness (QED) is 0.381. The van der Waals surface area contributed by atoms with E-state index in [4.69, 9.17) is 16.7 Å². The smallest absolute Gasteiger partial charge is 0.261 e. The third-order valence-corrected chi connectivity index (χ3v) is 4.90. The molecule has 26 heavy (non-hydrogen) atoms. The molecular formula is C18H23ClN4O3. The maximum atomic E-state index is 12.5. The Kier molecular flexibility index (Phi) is 6.26. The van der Waals surface area contributed by atoms with Gasteiger partial charge in [-0.25, -0.2) is 0 Å². The number of carbonyl (C=O) groups is 2. The highest BCUT2D eigenvalue weighted by Gasteiger charge is 2.28. The topological polar surface area (TPSA) is 84.9 Å². The predicted octanol–water partition coefficient (Wildman–Crippen LogP) is 0.558. The van der Waals surface area contributed by atoms with E-state index in [1.54, 1.807) is 18.2 Å². The van der Waals surface area contributed by atoms with Crippen molar-refractivity contribution in [1.82, 2.24) is 15.1 Å². The van der Waals surface area contributed by atoms with Gasteiger partial charge in [-0.3, -0.25) is 19.4 Å². The van der Waals surface area contributed by atoms with Crippen LogP contribution < -0.4 is 10.6 Å². The number of anilines is 1. The molecule has 0 unspecified atom stereocenters. The summed E-state index contributed by atoms with van der Waals surface area (Å²) >= 11 is 5.95. The number of hydrogen-bond acceptors (Lipinski definition) is 6. The number of aliphatic hydroxyl groups excluding tert-OH is 1. The number of rotatable bonds is 6. The summed E-state index contributed by atoms with van der Waals surface area (Å²) in [5.41, 5.74) is 0.986. The molecule has 1 saturated heterocycles. The minimum Gasteiger partial charge on any atom is -0.395 e. The predicted molar refractivity (Wildman–Crippen MR) is 100 cm³/mol. The van der Waals surface area contributed by atoms with Gasteiger partial charge in [-0.15, -0.1) is 0 Å². The van der Waals surface area contributed by atoms with E-state index in [2.05, 4.69) is 20.4 Å². The first kappa shape index (κ1) is 18.8. The number of Topliss-reactive ketones (excluding diaryl/α,β-unsaturated/α-hetero) is 1. The number of nitrogens with zero attached hydrogens (tertiary/aromatic N) is 2. The monoisotopic (exact) mass is 378 g/mol. The lowest BCUT2D eigenvalue weighted by Crippen LogP contribution is -2.48. The van der Waals surface area contributed by atoms with Gasteiger partial charge in [0.15, 0.2) is 0 Å². The third kappa shape index (κ3) is 4.42. The van der Waals surface area contributed by atoms with Gasteiger partial charge in [-0.05, 0) is 18.2 Å². The van der Waals surface area contributed by atoms with Crippen molar-refractivity contribution in [2.75, 3.05) is 57.7 Å². The van der Waals surface area contributed by atoms with Crippen LogP contribution in [0.25, 0.3) is 0 Å². The van der Waals surface area contributed by atoms with Gasteiger partial charge in [-0.1, -0.05) is 11.6 Å². The van der Waals surface area contributed by atoms with Gasteiger partial charge in [0.2, 0.25) is 5.78 Å². The van der Waals surface area contributed by atoms with Crippen LogP contribution in [0.5, 0.6) is 0 Å². The van der Waals surface area contributed by atoms with Gasteiger partial charge < -0.3 is 15.7 Å². The van der Waals surface area contributed by atoms with Gasteiger partial charge in [0, 0.05) is 62.6 Å². The van der Waals surface area contributed by atoms with Crippen molar-refractivity contribution in [1.29, 1.82) is 0 Å². The van der Waals surface area contributed by atoms with Crippen LogP contribution >= 0.6 is 11.6 Å². The zero-order chi connectivity index (χ0) is 18.5. The van der Waals surface area contributed by atoms with Gasteiger partial charge >= 0.3 is 0 Å². The summed E-state index contributed by atoms with van der Waals surface area (Å²) in [6.07, 6.45) is 1.49. The van der Waals surface area contributed by atoms with E-state index >= 15 is 0 Å². The standard InChI is InChI=1S/C18H23ClN4O3/c19-13-1-2-16-14(11-13)17(25)15(18(26)21-16)12-20-3-4-22-5-7-23(8-6-22)9-10-24/h1-2,11-12,20,24H,3-10H2,(H,21,26). The molecule has 0 aliphatic carbocycles. The van der Waals surface area contributed by atoms with E-state index in [0.717, 1.165) is 39.3 Å². The Bertz CT molecular complexity index is 714. The minimum atomic E-state index is -0.407. The van der Waals surface area contributed by atoms with E-state index in [1.165, 1.54) is 6.20 Å². The van der Waals surface area contributed by atoms with Crippen molar-refractivity contribution in [2.24, 2.45) is 0 Å². The number of halogens is 1. The van der Waals surface area contributed by atoms with Crippen LogP contribution in [-0.4, -0.2) is 79.0 Å². The average Bonchev–Trinajstić information content (AvgIpc) is 2.63. The molecule has 0 aromatic heterocycles. The molecule has 0 bridgehead atoms. The number of fused-ring (bicyclic) bond motifs is 1. The maximum Gasteiger partial charge on any atom is 0.261 e. The van der Waals surface area contributed by atoms with Crippen LogP contribution in [0.2, 0.25) is 5.02 Å². The number of piperazine rings is 1. The summed E-state index contributed by atoms with van der Waals surface area (Å²) in [6.45, 7) is 6.18. The van der Waals surface area contributed by atoms with Crippen molar-refractivity contribution < 1.29 is 14.7 Å². The second-order valence-electron chi connectivity index (χ2n) is 6.39. The van der Waals surface area contributed by atoms with E-state index in [1.807, 2.05) is 0 Å². The van der Waals surface area contributed by atoms with Crippen LogP contribution in [0, 0.1) is 0 Å². The summed E-state index contributed by atoms with van der Waals surface area (Å²) in [4.78, 5) is 29.2. The third-order valence-electron chi connectivity index (χ3n) is 4.66. The molecule has 2 heterocycles. The molecule has 8 heteroatoms. The molecule has 0 radical (unpaired) electrons. The molecule has 0 spiro atoms. The fourth-order valence-corrected chi connectivity index (χ4v) is 3.33. The number of benzene rings is 1. The van der Waals surface area contributed by atoms with E-state index in [0.29, 0.717) is 22.8 Å². The highest BCUT2D eigenvalue weighted by Crippen LogP contribution is 2.27. The van der Waals surface area contributed by atoms with E-state index in [9.17, 15) is 9.59 Å². The number of ketones is 1. The van der Waals surface area contributed by atoms with Crippen molar-refractivity contribution in [3.63, 3.8) is 0 Å². The van der Waals surface area contributed by atoms with Crippen LogP contribution in [0.1, 0.15) is 10.4 Å². The first-order chi connectivity index (χ1) is 12.6. The van der Waals surface area contributed by atoms with Gasteiger partial charge in [0.1, 0.15) is 5.57 Å². The first-order valence-corrected chi connectivity index (χ1v) is 9.11. The number of nitrogens with one attached hydrogen (secondary N) is 2. The second-order valence-corrected chi connectivity index (χ2v) is 6.83. The Labute approximate surface area is 157 Å². The molecule has 2 aliphatic heterocycles. The fourth-order valence-electron chi connectivity index (χ4n) is 3.16. The Hall–Kier alpha value is -1.93. The summed E-state index contributed by atoms with van der Waals surface area (Å²) in [5.74, 6) is -0.730. The van der Waals surface area contributed by atoms with Gasteiger partial charge in [0.05, 0.1) is 12.3 Å². The fraction of sp³-hybridized carbons (Fsp3) is 0.444. The summed E-state index contributed by atoms with van der Waals surface area (Å²) in [6, 6.07) is 4.84. The molecular weight excluding hydrogens is 356 g/mol. The largest absolute Gasteiger partial charge is 0.395 e. The molecule has 0 saturated carbocycles. The Morgan fingerprint density at radius 2 is 1.85 bits per heavy atom. The lowest BCUT2D eigenvalue weighted by Gasteiger charge is -2.34. The molecule has 140 valence electrons.